The average Bonchev–Trinajstić information content (AvgIpc) is 2.85. The van der Waals surface area contributed by atoms with Crippen LogP contribution in [0.15, 0.2) is 130 Å². The number of hydrogen-bond acceptors (Lipinski definition) is 0. The largest absolute Gasteiger partial charge is 0.168 e. The molecule has 2 rings (SSSR count). The summed E-state index contributed by atoms with van der Waals surface area (Å²) in [6.45, 7) is 24.6. The molecule has 2 aliphatic carbocycles. The van der Waals surface area contributed by atoms with Gasteiger partial charge in [0.05, 0.1) is 0 Å². The van der Waals surface area contributed by atoms with Gasteiger partial charge in [0.25, 0.3) is 0 Å². The van der Waals surface area contributed by atoms with Crippen molar-refractivity contribution in [3.05, 3.63) is 137 Å². The Morgan fingerprint density at radius 1 is 0.675 bits per heavy atom. The van der Waals surface area contributed by atoms with E-state index in [1.165, 1.54) is 71.1 Å². The zero-order valence-corrected chi connectivity index (χ0v) is 27.0. The van der Waals surface area contributed by atoms with Crippen molar-refractivity contribution in [2.24, 2.45) is 10.8 Å². The molecule has 0 bridgehead atoms. The van der Waals surface area contributed by atoms with Gasteiger partial charge < -0.3 is 0 Å². The third kappa shape index (κ3) is 11.2. The van der Waals surface area contributed by atoms with Crippen LogP contribution in [0.2, 0.25) is 0 Å². The maximum atomic E-state index is 4.30. The molecule has 0 N–H and O–H groups in total. The molecule has 0 atom stereocenters. The smallest absolute Gasteiger partial charge is 0.0101 e. The molecule has 1 saturated carbocycles. The fraction of sp³-hybridized carbons (Fsp3) is 0.425. The molecule has 0 amide bonds. The normalized spacial score (nSPS) is 22.6. The third-order valence-electron chi connectivity index (χ3n) is 8.22. The summed E-state index contributed by atoms with van der Waals surface area (Å²) in [6.07, 6.45) is 38.0. The van der Waals surface area contributed by atoms with Gasteiger partial charge in [0.1, 0.15) is 0 Å². The predicted molar refractivity (Wildman–Crippen MR) is 181 cm³/mol. The van der Waals surface area contributed by atoms with E-state index >= 15 is 0 Å². The minimum Gasteiger partial charge on any atom is -0.168 e. The van der Waals surface area contributed by atoms with Crippen LogP contribution in [-0.4, -0.2) is 0 Å². The molecule has 0 spiro atoms. The van der Waals surface area contributed by atoms with E-state index in [1.54, 1.807) is 5.57 Å². The molecular weight excluding hydrogens is 480 g/mol. The summed E-state index contributed by atoms with van der Waals surface area (Å²) in [6, 6.07) is 0. The van der Waals surface area contributed by atoms with Gasteiger partial charge in [-0.25, -0.2) is 0 Å². The van der Waals surface area contributed by atoms with Crippen LogP contribution in [0.25, 0.3) is 0 Å². The van der Waals surface area contributed by atoms with E-state index < -0.39 is 0 Å². The van der Waals surface area contributed by atoms with Crippen molar-refractivity contribution in [3.8, 4) is 0 Å². The molecule has 216 valence electrons. The molecule has 0 radical (unpaired) electrons. The highest BCUT2D eigenvalue weighted by Gasteiger charge is 2.28. The minimum absolute atomic E-state index is 0.229. The first-order valence-corrected chi connectivity index (χ1v) is 15.2. The van der Waals surface area contributed by atoms with Gasteiger partial charge in [-0.2, -0.15) is 23.6 Å². The van der Waals surface area contributed by atoms with Gasteiger partial charge in [-0.1, -0.05) is 150 Å². The van der Waals surface area contributed by atoms with Crippen molar-refractivity contribution in [1.29, 1.82) is 0 Å². The Balaban J connectivity index is 1.86. The third-order valence-corrected chi connectivity index (χ3v) is 8.22. The zero-order valence-electron chi connectivity index (χ0n) is 27.0. The van der Waals surface area contributed by atoms with Gasteiger partial charge in [-0.3, -0.25) is 0 Å². The van der Waals surface area contributed by atoms with Crippen LogP contribution >= 0.6 is 0 Å². The summed E-state index contributed by atoms with van der Waals surface area (Å²) in [4.78, 5) is 0. The zero-order chi connectivity index (χ0) is 29.8. The summed E-state index contributed by atoms with van der Waals surface area (Å²) in [5, 5.41) is 0. The lowest BCUT2D eigenvalue weighted by atomic mass is 9.71. The van der Waals surface area contributed by atoms with Gasteiger partial charge in [0, 0.05) is 0 Å². The molecule has 40 heavy (non-hydrogen) atoms. The Hall–Kier alpha value is -2.99. The monoisotopic (exact) mass is 535 g/mol. The Morgan fingerprint density at radius 2 is 1.18 bits per heavy atom. The average molecular weight is 536 g/mol. The molecule has 0 aromatic heterocycles. The quantitative estimate of drug-likeness (QED) is 0.193. The summed E-state index contributed by atoms with van der Waals surface area (Å²) >= 11 is 0. The summed E-state index contributed by atoms with van der Waals surface area (Å²) in [5.41, 5.74) is 11.3. The molecule has 0 unspecified atom stereocenters. The SMILES string of the molecule is C=C1CCCC(C)(C)/C1=C/C=C(C)\C=C\C=C(C)\C=C\C=C/C(C)=C/C=C/C(C)=C/[CH-]C1=C(C)CCCC1(C)C. The molecular formula is C40H55-. The number of rotatable bonds is 10. The molecule has 0 aromatic carbocycles. The highest BCUT2D eigenvalue weighted by Crippen LogP contribution is 2.43. The van der Waals surface area contributed by atoms with Gasteiger partial charge in [-0.05, 0) is 62.9 Å². The summed E-state index contributed by atoms with van der Waals surface area (Å²) in [5.74, 6) is 0. The van der Waals surface area contributed by atoms with E-state index in [1.807, 2.05) is 0 Å². The van der Waals surface area contributed by atoms with Crippen molar-refractivity contribution >= 4 is 0 Å². The maximum absolute atomic E-state index is 4.30. The van der Waals surface area contributed by atoms with Crippen LogP contribution in [0.1, 0.15) is 101 Å². The van der Waals surface area contributed by atoms with E-state index in [-0.39, 0.29) is 10.8 Å². The maximum Gasteiger partial charge on any atom is -0.0101 e. The van der Waals surface area contributed by atoms with Gasteiger partial charge in [-0.15, -0.1) is 11.6 Å². The Bertz CT molecular complexity index is 1200. The van der Waals surface area contributed by atoms with Crippen LogP contribution in [0.3, 0.4) is 0 Å². The van der Waals surface area contributed by atoms with E-state index in [9.17, 15) is 0 Å². The molecule has 0 aromatic rings. The fourth-order valence-electron chi connectivity index (χ4n) is 5.62. The van der Waals surface area contributed by atoms with E-state index in [4.69, 9.17) is 0 Å². The Kier molecular flexibility index (Phi) is 13.0. The second kappa shape index (κ2) is 15.7. The molecule has 0 nitrogen and oxygen atoms in total. The molecule has 0 saturated heterocycles. The van der Waals surface area contributed by atoms with Crippen molar-refractivity contribution in [1.82, 2.24) is 0 Å². The van der Waals surface area contributed by atoms with Gasteiger partial charge in [0.2, 0.25) is 0 Å². The Labute approximate surface area is 247 Å². The topological polar surface area (TPSA) is 0 Å². The molecule has 0 aliphatic heterocycles. The van der Waals surface area contributed by atoms with Crippen LogP contribution in [0.5, 0.6) is 0 Å². The van der Waals surface area contributed by atoms with Crippen molar-refractivity contribution in [3.63, 3.8) is 0 Å². The number of hydrogen-bond donors (Lipinski definition) is 0. The van der Waals surface area contributed by atoms with E-state index in [0.29, 0.717) is 0 Å². The fourth-order valence-corrected chi connectivity index (χ4v) is 5.62. The lowest BCUT2D eigenvalue weighted by Crippen LogP contribution is -2.20. The van der Waals surface area contributed by atoms with E-state index in [0.717, 1.165) is 6.42 Å². The first-order chi connectivity index (χ1) is 18.8. The summed E-state index contributed by atoms with van der Waals surface area (Å²) < 4.78 is 0. The van der Waals surface area contributed by atoms with Crippen molar-refractivity contribution in [2.45, 2.75) is 101 Å². The summed E-state index contributed by atoms with van der Waals surface area (Å²) in [7, 11) is 0. The van der Waals surface area contributed by atoms with Crippen LogP contribution in [0.4, 0.5) is 0 Å². The van der Waals surface area contributed by atoms with Crippen LogP contribution < -0.4 is 0 Å². The second-order valence-electron chi connectivity index (χ2n) is 13.1. The predicted octanol–water partition coefficient (Wildman–Crippen LogP) is 12.4. The van der Waals surface area contributed by atoms with Gasteiger partial charge in [0.15, 0.2) is 0 Å². The Morgan fingerprint density at radius 3 is 1.75 bits per heavy atom. The first-order valence-electron chi connectivity index (χ1n) is 15.2. The van der Waals surface area contributed by atoms with Crippen LogP contribution in [0, 0.1) is 17.3 Å². The highest BCUT2D eigenvalue weighted by molar-refractivity contribution is 5.41. The molecule has 2 aliphatic rings. The lowest BCUT2D eigenvalue weighted by Gasteiger charge is -2.39. The first kappa shape index (κ1) is 33.2. The number of allylic oxidation sites excluding steroid dienone is 21. The molecule has 0 heterocycles. The second-order valence-corrected chi connectivity index (χ2v) is 13.1. The lowest BCUT2D eigenvalue weighted by molar-refractivity contribution is 0.371. The molecule has 1 fully saturated rings. The van der Waals surface area contributed by atoms with Gasteiger partial charge >= 0.3 is 0 Å². The minimum atomic E-state index is 0.229. The van der Waals surface area contributed by atoms with Crippen LogP contribution in [-0.2, 0) is 0 Å². The molecule has 0 heteroatoms. The highest BCUT2D eigenvalue weighted by atomic mass is 14.3. The van der Waals surface area contributed by atoms with Crippen molar-refractivity contribution < 1.29 is 0 Å². The van der Waals surface area contributed by atoms with E-state index in [2.05, 4.69) is 154 Å². The standard InChI is InChI=1S/C40H55/c1-31(19-13-21-33(3)25-27-37-35(5)23-15-29-39(37,7)8)17-11-12-18-32(2)20-14-22-34(4)26-28-38-36(6)24-16-30-40(38,9)10/h11-14,17-22,25-28H,5,15-16,23-24,29-30H2,1-4,6-10H3/q-1/b17-11+,18-12-,21-13+,22-14+,31-19+,32-20+,33-25-,34-26+,37-27+. The van der Waals surface area contributed by atoms with Crippen molar-refractivity contribution in [2.75, 3.05) is 0 Å².